The second-order valence-corrected chi connectivity index (χ2v) is 5.87. The molecule has 0 amide bonds. The minimum absolute atomic E-state index is 0.372. The maximum Gasteiger partial charge on any atom is 0.258 e. The lowest BCUT2D eigenvalue weighted by molar-refractivity contribution is 0.229. The second kappa shape index (κ2) is 5.00. The van der Waals surface area contributed by atoms with Crippen molar-refractivity contribution in [2.45, 2.75) is 31.3 Å². The number of hydrogen-bond acceptors (Lipinski definition) is 5. The molecule has 1 fully saturated rings. The van der Waals surface area contributed by atoms with Gasteiger partial charge in [-0.05, 0) is 51.1 Å². The van der Waals surface area contributed by atoms with Crippen LogP contribution in [0.2, 0.25) is 0 Å². The Kier molecular flexibility index (Phi) is 3.31. The summed E-state index contributed by atoms with van der Waals surface area (Å²) < 4.78 is 5.38. The van der Waals surface area contributed by atoms with Crippen LogP contribution in [0.15, 0.2) is 28.8 Å². The highest BCUT2D eigenvalue weighted by Gasteiger charge is 2.39. The van der Waals surface area contributed by atoms with Crippen LogP contribution in [0.5, 0.6) is 0 Å². The molecule has 0 atom stereocenters. The van der Waals surface area contributed by atoms with Crippen molar-refractivity contribution in [3.05, 3.63) is 35.7 Å². The van der Waals surface area contributed by atoms with Gasteiger partial charge in [-0.2, -0.15) is 4.98 Å². The van der Waals surface area contributed by atoms with Crippen LogP contribution >= 0.6 is 0 Å². The van der Waals surface area contributed by atoms with Crippen LogP contribution in [-0.2, 0) is 12.1 Å². The predicted molar refractivity (Wildman–Crippen MR) is 76.8 cm³/mol. The van der Waals surface area contributed by atoms with Gasteiger partial charge in [0.15, 0.2) is 5.82 Å². The lowest BCUT2D eigenvalue weighted by atomic mass is 9.77. The Balaban J connectivity index is 1.86. The van der Waals surface area contributed by atoms with Crippen molar-refractivity contribution < 1.29 is 4.52 Å². The van der Waals surface area contributed by atoms with Crippen molar-refractivity contribution in [2.24, 2.45) is 5.73 Å². The van der Waals surface area contributed by atoms with Gasteiger partial charge in [0, 0.05) is 12.1 Å². The van der Waals surface area contributed by atoms with E-state index in [0.717, 1.165) is 31.4 Å². The smallest absolute Gasteiger partial charge is 0.258 e. The molecule has 1 aliphatic carbocycles. The topological polar surface area (TPSA) is 68.2 Å². The molecule has 0 aliphatic heterocycles. The minimum atomic E-state index is -0.372. The molecule has 1 saturated carbocycles. The summed E-state index contributed by atoms with van der Waals surface area (Å²) in [6, 6.07) is 8.18. The van der Waals surface area contributed by atoms with Crippen LogP contribution in [0.1, 0.15) is 30.7 Å². The second-order valence-electron chi connectivity index (χ2n) is 5.87. The van der Waals surface area contributed by atoms with E-state index in [4.69, 9.17) is 10.3 Å². The lowest BCUT2D eigenvalue weighted by Crippen LogP contribution is -2.44. The van der Waals surface area contributed by atoms with E-state index >= 15 is 0 Å². The maximum atomic E-state index is 6.22. The molecule has 106 valence electrons. The average Bonchev–Trinajstić information content (AvgIpc) is 2.85. The first-order valence-electron chi connectivity index (χ1n) is 6.94. The van der Waals surface area contributed by atoms with Crippen LogP contribution in [0.25, 0.3) is 11.5 Å². The molecule has 1 heterocycles. The molecule has 20 heavy (non-hydrogen) atoms. The largest absolute Gasteiger partial charge is 0.334 e. The fraction of sp³-hybridized carbons (Fsp3) is 0.467. The number of aromatic nitrogens is 2. The van der Waals surface area contributed by atoms with Crippen molar-refractivity contribution >= 4 is 0 Å². The summed E-state index contributed by atoms with van der Waals surface area (Å²) in [5, 5.41) is 4.06. The normalized spacial score (nSPS) is 17.2. The molecule has 1 aromatic heterocycles. The highest BCUT2D eigenvalue weighted by Crippen LogP contribution is 2.37. The number of hydrogen-bond donors (Lipinski definition) is 1. The van der Waals surface area contributed by atoms with Gasteiger partial charge < -0.3 is 15.2 Å². The summed E-state index contributed by atoms with van der Waals surface area (Å²) in [6.45, 7) is 0.885. The Morgan fingerprint density at radius 1 is 1.35 bits per heavy atom. The van der Waals surface area contributed by atoms with Crippen LogP contribution in [0, 0.1) is 0 Å². The van der Waals surface area contributed by atoms with Crippen LogP contribution in [0.4, 0.5) is 0 Å². The standard InChI is InChI=1S/C15H20N4O/c1-19(2)10-11-5-3-6-12(9-11)13-17-14(18-20-13)15(16)7-4-8-15/h3,5-6,9H,4,7-8,10,16H2,1-2H3. The Labute approximate surface area is 118 Å². The molecule has 0 unspecified atom stereocenters. The monoisotopic (exact) mass is 272 g/mol. The molecule has 1 aliphatic rings. The summed E-state index contributed by atoms with van der Waals surface area (Å²) in [6.07, 6.45) is 3.01. The Bertz CT molecular complexity index is 601. The molecule has 2 N–H and O–H groups in total. The van der Waals surface area contributed by atoms with E-state index in [2.05, 4.69) is 27.2 Å². The highest BCUT2D eigenvalue weighted by atomic mass is 16.5. The quantitative estimate of drug-likeness (QED) is 0.923. The van der Waals surface area contributed by atoms with Crippen LogP contribution < -0.4 is 5.73 Å². The maximum absolute atomic E-state index is 6.22. The summed E-state index contributed by atoms with van der Waals surface area (Å²) in [5.41, 5.74) is 8.02. The molecule has 0 spiro atoms. The average molecular weight is 272 g/mol. The molecule has 5 heteroatoms. The van der Waals surface area contributed by atoms with Crippen LogP contribution in [0.3, 0.4) is 0 Å². The van der Waals surface area contributed by atoms with Gasteiger partial charge in [0.25, 0.3) is 5.89 Å². The zero-order valence-electron chi connectivity index (χ0n) is 12.0. The summed E-state index contributed by atoms with van der Waals surface area (Å²) in [4.78, 5) is 6.60. The van der Waals surface area contributed by atoms with Crippen molar-refractivity contribution in [3.63, 3.8) is 0 Å². The molecule has 1 aromatic carbocycles. The Morgan fingerprint density at radius 3 is 2.80 bits per heavy atom. The van der Waals surface area contributed by atoms with E-state index in [-0.39, 0.29) is 5.54 Å². The fourth-order valence-electron chi connectivity index (χ4n) is 2.49. The van der Waals surface area contributed by atoms with Crippen molar-refractivity contribution in [1.82, 2.24) is 15.0 Å². The van der Waals surface area contributed by atoms with Crippen LogP contribution in [-0.4, -0.2) is 29.1 Å². The lowest BCUT2D eigenvalue weighted by Gasteiger charge is -2.34. The number of nitrogens with two attached hydrogens (primary N) is 1. The molecule has 0 radical (unpaired) electrons. The molecule has 3 rings (SSSR count). The number of benzene rings is 1. The fourth-order valence-corrected chi connectivity index (χ4v) is 2.49. The van der Waals surface area contributed by atoms with Gasteiger partial charge in [0.05, 0.1) is 5.54 Å². The van der Waals surface area contributed by atoms with Gasteiger partial charge in [-0.15, -0.1) is 0 Å². The molecule has 0 bridgehead atoms. The summed E-state index contributed by atoms with van der Waals surface area (Å²) in [5.74, 6) is 1.19. The van der Waals surface area contributed by atoms with Gasteiger partial charge in [0.1, 0.15) is 0 Å². The third kappa shape index (κ3) is 2.46. The molecule has 0 saturated heterocycles. The number of rotatable bonds is 4. The molecule has 2 aromatic rings. The van der Waals surface area contributed by atoms with Gasteiger partial charge in [0.2, 0.25) is 0 Å². The van der Waals surface area contributed by atoms with Gasteiger partial charge in [-0.3, -0.25) is 0 Å². The van der Waals surface area contributed by atoms with E-state index < -0.39 is 0 Å². The first-order chi connectivity index (χ1) is 9.57. The van der Waals surface area contributed by atoms with Crippen molar-refractivity contribution in [2.75, 3.05) is 14.1 Å². The third-order valence-corrected chi connectivity index (χ3v) is 3.79. The Morgan fingerprint density at radius 2 is 2.15 bits per heavy atom. The van der Waals surface area contributed by atoms with E-state index in [1.165, 1.54) is 5.56 Å². The minimum Gasteiger partial charge on any atom is -0.334 e. The SMILES string of the molecule is CN(C)Cc1cccc(-c2nc(C3(N)CCC3)no2)c1. The van der Waals surface area contributed by atoms with Gasteiger partial charge in [-0.25, -0.2) is 0 Å². The first kappa shape index (κ1) is 13.3. The summed E-state index contributed by atoms with van der Waals surface area (Å²) in [7, 11) is 4.10. The zero-order valence-corrected chi connectivity index (χ0v) is 12.0. The summed E-state index contributed by atoms with van der Waals surface area (Å²) >= 11 is 0. The van der Waals surface area contributed by atoms with Crippen molar-refractivity contribution in [3.8, 4) is 11.5 Å². The van der Waals surface area contributed by atoms with E-state index in [1.807, 2.05) is 26.2 Å². The Hall–Kier alpha value is -1.72. The van der Waals surface area contributed by atoms with Gasteiger partial charge in [-0.1, -0.05) is 17.3 Å². The van der Waals surface area contributed by atoms with Gasteiger partial charge >= 0.3 is 0 Å². The third-order valence-electron chi connectivity index (χ3n) is 3.79. The highest BCUT2D eigenvalue weighted by molar-refractivity contribution is 5.54. The van der Waals surface area contributed by atoms with Crippen molar-refractivity contribution in [1.29, 1.82) is 0 Å². The number of nitrogens with zero attached hydrogens (tertiary/aromatic N) is 3. The van der Waals surface area contributed by atoms with E-state index in [1.54, 1.807) is 0 Å². The zero-order chi connectivity index (χ0) is 14.2. The molecular formula is C15H20N4O. The molecular weight excluding hydrogens is 252 g/mol. The van der Waals surface area contributed by atoms with E-state index in [9.17, 15) is 0 Å². The first-order valence-corrected chi connectivity index (χ1v) is 6.94. The van der Waals surface area contributed by atoms with E-state index in [0.29, 0.717) is 11.7 Å². The molecule has 5 nitrogen and oxygen atoms in total. The predicted octanol–water partition coefficient (Wildman–Crippen LogP) is 2.14.